The first-order valence-electron chi connectivity index (χ1n) is 21.7. The molecule has 0 saturated heterocycles. The SMILES string of the molecule is CCCCC/C=C/CC/C=C/CC/C=C/C(O)C(CS(=O)(=O)O)NC(=O)CCCCCCCCCCCCCCCCCCCCCCCCC. The van der Waals surface area contributed by atoms with E-state index in [0.29, 0.717) is 6.42 Å². The minimum Gasteiger partial charge on any atom is -0.387 e. The highest BCUT2D eigenvalue weighted by Gasteiger charge is 2.24. The number of hydrogen-bond acceptors (Lipinski definition) is 4. The summed E-state index contributed by atoms with van der Waals surface area (Å²) in [4.78, 5) is 12.5. The second-order valence-corrected chi connectivity index (χ2v) is 16.5. The van der Waals surface area contributed by atoms with Crippen LogP contribution in [0, 0.1) is 0 Å². The number of allylic oxidation sites excluding steroid dienone is 5. The Balaban J connectivity index is 3.83. The highest BCUT2D eigenvalue weighted by Crippen LogP contribution is 2.16. The van der Waals surface area contributed by atoms with Gasteiger partial charge in [-0.3, -0.25) is 9.35 Å². The van der Waals surface area contributed by atoms with E-state index in [-0.39, 0.29) is 12.3 Å². The lowest BCUT2D eigenvalue weighted by Crippen LogP contribution is -2.46. The van der Waals surface area contributed by atoms with Crippen LogP contribution in [0.15, 0.2) is 36.5 Å². The monoisotopic (exact) mass is 738 g/mol. The lowest BCUT2D eigenvalue weighted by Gasteiger charge is -2.21. The second-order valence-electron chi connectivity index (χ2n) is 15.0. The van der Waals surface area contributed by atoms with E-state index in [1.54, 1.807) is 6.08 Å². The Morgan fingerprint density at radius 1 is 0.510 bits per heavy atom. The minimum absolute atomic E-state index is 0.288. The van der Waals surface area contributed by atoms with Crippen molar-refractivity contribution in [2.75, 3.05) is 5.75 Å². The molecule has 7 heteroatoms. The molecule has 0 fully saturated rings. The maximum Gasteiger partial charge on any atom is 0.267 e. The van der Waals surface area contributed by atoms with Gasteiger partial charge in [-0.25, -0.2) is 0 Å². The number of hydrogen-bond donors (Lipinski definition) is 3. The average Bonchev–Trinajstić information content (AvgIpc) is 3.09. The number of carbonyl (C=O) groups excluding carboxylic acids is 1. The molecule has 0 saturated carbocycles. The molecule has 0 aliphatic heterocycles. The highest BCUT2D eigenvalue weighted by atomic mass is 32.2. The van der Waals surface area contributed by atoms with Crippen LogP contribution in [0.1, 0.15) is 219 Å². The number of amides is 1. The van der Waals surface area contributed by atoms with Gasteiger partial charge >= 0.3 is 0 Å². The number of aliphatic hydroxyl groups excluding tert-OH is 1. The van der Waals surface area contributed by atoms with E-state index >= 15 is 0 Å². The third-order valence-corrected chi connectivity index (χ3v) is 10.6. The van der Waals surface area contributed by atoms with E-state index in [9.17, 15) is 22.9 Å². The van der Waals surface area contributed by atoms with Crippen molar-refractivity contribution in [3.63, 3.8) is 0 Å². The number of aliphatic hydroxyl groups is 1. The van der Waals surface area contributed by atoms with Crippen LogP contribution in [0.3, 0.4) is 0 Å². The van der Waals surface area contributed by atoms with E-state index in [4.69, 9.17) is 0 Å². The quantitative estimate of drug-likeness (QED) is 0.0331. The molecule has 2 atom stereocenters. The molecule has 0 aromatic carbocycles. The van der Waals surface area contributed by atoms with Gasteiger partial charge in [0.2, 0.25) is 5.91 Å². The molecular formula is C44H83NO5S. The first-order chi connectivity index (χ1) is 24.8. The smallest absolute Gasteiger partial charge is 0.267 e. The van der Waals surface area contributed by atoms with Gasteiger partial charge in [-0.15, -0.1) is 0 Å². The standard InChI is InChI=1S/C44H83NO5S/c1-3-5-7-9-11-13-15-17-18-19-20-21-22-23-24-25-26-28-30-32-34-36-38-40-44(47)45-42(41-51(48,49)50)43(46)39-37-35-33-31-29-27-16-14-12-10-8-6-4-2/h12,14,29,31,37,39,42-43,46H,3-11,13,15-28,30,32-36,38,40-41H2,1-2H3,(H,45,47)(H,48,49,50)/b14-12+,31-29+,39-37+. The maximum atomic E-state index is 12.5. The Kier molecular flexibility index (Phi) is 37.2. The van der Waals surface area contributed by atoms with Crippen molar-refractivity contribution in [3.8, 4) is 0 Å². The lowest BCUT2D eigenvalue weighted by molar-refractivity contribution is -0.122. The Morgan fingerprint density at radius 2 is 0.843 bits per heavy atom. The fourth-order valence-electron chi connectivity index (χ4n) is 6.54. The summed E-state index contributed by atoms with van der Waals surface area (Å²) in [7, 11) is -4.35. The minimum atomic E-state index is -4.35. The summed E-state index contributed by atoms with van der Waals surface area (Å²) >= 11 is 0. The van der Waals surface area contributed by atoms with Crippen molar-refractivity contribution in [1.82, 2.24) is 5.32 Å². The Bertz CT molecular complexity index is 945. The molecule has 1 amide bonds. The predicted octanol–water partition coefficient (Wildman–Crippen LogP) is 12.9. The zero-order valence-electron chi connectivity index (χ0n) is 33.5. The van der Waals surface area contributed by atoms with E-state index in [1.165, 1.54) is 154 Å². The molecule has 300 valence electrons. The van der Waals surface area contributed by atoms with Crippen molar-refractivity contribution in [1.29, 1.82) is 0 Å². The molecular weight excluding hydrogens is 655 g/mol. The third-order valence-electron chi connectivity index (χ3n) is 9.80. The second kappa shape index (κ2) is 38.3. The van der Waals surface area contributed by atoms with Crippen LogP contribution >= 0.6 is 0 Å². The van der Waals surface area contributed by atoms with Crippen LogP contribution in [0.25, 0.3) is 0 Å². The van der Waals surface area contributed by atoms with Crippen LogP contribution in [0.4, 0.5) is 0 Å². The fourth-order valence-corrected chi connectivity index (χ4v) is 7.28. The first kappa shape index (κ1) is 49.6. The van der Waals surface area contributed by atoms with Crippen LogP contribution in [-0.4, -0.2) is 41.9 Å². The van der Waals surface area contributed by atoms with Crippen molar-refractivity contribution < 1.29 is 22.9 Å². The van der Waals surface area contributed by atoms with Crippen molar-refractivity contribution in [2.45, 2.75) is 231 Å². The summed E-state index contributed by atoms with van der Waals surface area (Å²) in [6.07, 6.45) is 50.0. The normalized spacial score (nSPS) is 13.6. The molecule has 0 bridgehead atoms. The fraction of sp³-hybridized carbons (Fsp3) is 0.841. The molecule has 0 aliphatic carbocycles. The van der Waals surface area contributed by atoms with Gasteiger partial charge in [-0.1, -0.05) is 204 Å². The van der Waals surface area contributed by atoms with E-state index in [1.807, 2.05) is 0 Å². The first-order valence-corrected chi connectivity index (χ1v) is 23.3. The van der Waals surface area contributed by atoms with Crippen molar-refractivity contribution in [3.05, 3.63) is 36.5 Å². The van der Waals surface area contributed by atoms with Crippen LogP contribution < -0.4 is 5.32 Å². The maximum absolute atomic E-state index is 12.5. The molecule has 51 heavy (non-hydrogen) atoms. The topological polar surface area (TPSA) is 104 Å². The molecule has 0 spiro atoms. The van der Waals surface area contributed by atoms with Gasteiger partial charge < -0.3 is 10.4 Å². The van der Waals surface area contributed by atoms with Gasteiger partial charge in [-0.2, -0.15) is 8.42 Å². The summed E-state index contributed by atoms with van der Waals surface area (Å²) in [5.74, 6) is -1.00. The highest BCUT2D eigenvalue weighted by molar-refractivity contribution is 7.85. The summed E-state index contributed by atoms with van der Waals surface area (Å²) < 4.78 is 32.4. The molecule has 2 unspecified atom stereocenters. The molecule has 0 aliphatic rings. The van der Waals surface area contributed by atoms with Crippen molar-refractivity contribution in [2.24, 2.45) is 0 Å². The zero-order valence-corrected chi connectivity index (χ0v) is 34.3. The molecule has 0 aromatic rings. The van der Waals surface area contributed by atoms with E-state index in [2.05, 4.69) is 43.5 Å². The van der Waals surface area contributed by atoms with E-state index in [0.717, 1.165) is 44.9 Å². The average molecular weight is 738 g/mol. The van der Waals surface area contributed by atoms with E-state index < -0.39 is 28.0 Å². The van der Waals surface area contributed by atoms with Gasteiger partial charge in [0, 0.05) is 6.42 Å². The number of unbranched alkanes of at least 4 members (excludes halogenated alkanes) is 27. The van der Waals surface area contributed by atoms with Crippen LogP contribution in [0.2, 0.25) is 0 Å². The lowest BCUT2D eigenvalue weighted by atomic mass is 10.0. The molecule has 0 radical (unpaired) electrons. The van der Waals surface area contributed by atoms with Gasteiger partial charge in [0.05, 0.1) is 17.9 Å². The number of nitrogens with one attached hydrogen (secondary N) is 1. The summed E-state index contributed by atoms with van der Waals surface area (Å²) in [5, 5.41) is 13.2. The summed E-state index contributed by atoms with van der Waals surface area (Å²) in [6.45, 7) is 4.50. The Labute approximate surface area is 316 Å². The number of carbonyl (C=O) groups is 1. The molecule has 0 rings (SSSR count). The zero-order chi connectivity index (χ0) is 37.5. The van der Waals surface area contributed by atoms with Crippen molar-refractivity contribution >= 4 is 16.0 Å². The molecule has 0 heterocycles. The van der Waals surface area contributed by atoms with Gasteiger partial charge in [-0.05, 0) is 44.9 Å². The van der Waals surface area contributed by atoms with Gasteiger partial charge in [0.25, 0.3) is 10.1 Å². The Hall–Kier alpha value is -1.44. The summed E-state index contributed by atoms with van der Waals surface area (Å²) in [6, 6.07) is -1.08. The molecule has 6 nitrogen and oxygen atoms in total. The molecule has 3 N–H and O–H groups in total. The number of rotatable bonds is 39. The Morgan fingerprint density at radius 3 is 1.24 bits per heavy atom. The van der Waals surface area contributed by atoms with Crippen LogP contribution in [0.5, 0.6) is 0 Å². The van der Waals surface area contributed by atoms with Gasteiger partial charge in [0.1, 0.15) is 0 Å². The van der Waals surface area contributed by atoms with Gasteiger partial charge in [0.15, 0.2) is 0 Å². The largest absolute Gasteiger partial charge is 0.387 e. The third kappa shape index (κ3) is 39.6. The van der Waals surface area contributed by atoms with Crippen LogP contribution in [-0.2, 0) is 14.9 Å². The summed E-state index contributed by atoms with van der Waals surface area (Å²) in [5.41, 5.74) is 0. The molecule has 0 aromatic heterocycles. The predicted molar refractivity (Wildman–Crippen MR) is 221 cm³/mol.